The highest BCUT2D eigenvalue weighted by molar-refractivity contribution is 5.94. The summed E-state index contributed by atoms with van der Waals surface area (Å²) >= 11 is 0. The van der Waals surface area contributed by atoms with E-state index in [1.54, 1.807) is 30.5 Å². The first-order valence-electron chi connectivity index (χ1n) is 11.9. The Kier molecular flexibility index (Phi) is 7.47. The number of nitrogens with one attached hydrogen (secondary N) is 1. The molecule has 1 atom stereocenters. The standard InChI is InChI=1S/C28H30F3N3O2/c1-27(2)13-20(9-10-36-27)22-11-23(17-33-16-22)26(35)34-15-18-3-5-19(6-4-18)25-12-24(28(29,30)31)8-7-21(25)14-32/h3-8,11-12,16-17,20H,9-10,13-15,32H2,1-2H3,(H,34,35). The fourth-order valence-corrected chi connectivity index (χ4v) is 4.61. The van der Waals surface area contributed by atoms with Crippen molar-refractivity contribution in [2.75, 3.05) is 6.61 Å². The molecule has 2 aromatic carbocycles. The van der Waals surface area contributed by atoms with Crippen LogP contribution in [-0.2, 0) is 24.0 Å². The number of pyridine rings is 1. The van der Waals surface area contributed by atoms with Gasteiger partial charge in [0.05, 0.1) is 16.7 Å². The maximum atomic E-state index is 13.2. The Morgan fingerprint density at radius 2 is 1.89 bits per heavy atom. The van der Waals surface area contributed by atoms with E-state index in [1.807, 2.05) is 12.3 Å². The lowest BCUT2D eigenvalue weighted by Crippen LogP contribution is -2.33. The number of nitrogens with two attached hydrogens (primary N) is 1. The van der Waals surface area contributed by atoms with E-state index in [-0.39, 0.29) is 30.5 Å². The van der Waals surface area contributed by atoms with Crippen LogP contribution in [0.5, 0.6) is 0 Å². The topological polar surface area (TPSA) is 77.2 Å². The van der Waals surface area contributed by atoms with Crippen molar-refractivity contribution in [3.8, 4) is 11.1 Å². The number of alkyl halides is 3. The average molecular weight is 498 g/mol. The lowest BCUT2D eigenvalue weighted by atomic mass is 9.84. The van der Waals surface area contributed by atoms with Crippen LogP contribution in [0.3, 0.4) is 0 Å². The van der Waals surface area contributed by atoms with Gasteiger partial charge in [0.1, 0.15) is 0 Å². The van der Waals surface area contributed by atoms with Gasteiger partial charge in [-0.25, -0.2) is 0 Å². The molecule has 0 bridgehead atoms. The highest BCUT2D eigenvalue weighted by atomic mass is 19.4. The number of carbonyl (C=O) groups is 1. The van der Waals surface area contributed by atoms with Gasteiger partial charge in [-0.15, -0.1) is 0 Å². The Morgan fingerprint density at radius 1 is 1.14 bits per heavy atom. The molecule has 1 amide bonds. The molecule has 0 radical (unpaired) electrons. The van der Waals surface area contributed by atoms with Crippen molar-refractivity contribution in [3.05, 3.63) is 88.7 Å². The summed E-state index contributed by atoms with van der Waals surface area (Å²) in [5, 5.41) is 2.90. The van der Waals surface area contributed by atoms with Gasteiger partial charge in [-0.05, 0) is 78.6 Å². The van der Waals surface area contributed by atoms with E-state index in [2.05, 4.69) is 24.1 Å². The number of halogens is 3. The molecular formula is C28H30F3N3O2. The van der Waals surface area contributed by atoms with Gasteiger partial charge in [0.25, 0.3) is 5.91 Å². The number of amides is 1. The Balaban J connectivity index is 1.43. The molecule has 190 valence electrons. The Labute approximate surface area is 208 Å². The molecule has 0 saturated carbocycles. The van der Waals surface area contributed by atoms with E-state index in [1.165, 1.54) is 6.07 Å². The predicted octanol–water partition coefficient (Wildman–Crippen LogP) is 5.83. The lowest BCUT2D eigenvalue weighted by Gasteiger charge is -2.35. The number of ether oxygens (including phenoxy) is 1. The monoisotopic (exact) mass is 497 g/mol. The van der Waals surface area contributed by atoms with Gasteiger partial charge in [0, 0.05) is 32.1 Å². The van der Waals surface area contributed by atoms with Crippen LogP contribution in [-0.4, -0.2) is 23.1 Å². The van der Waals surface area contributed by atoms with E-state index in [4.69, 9.17) is 10.5 Å². The number of carbonyl (C=O) groups excluding carboxylic acids is 1. The molecule has 36 heavy (non-hydrogen) atoms. The predicted molar refractivity (Wildman–Crippen MR) is 132 cm³/mol. The Hall–Kier alpha value is -3.23. The molecule has 4 rings (SSSR count). The summed E-state index contributed by atoms with van der Waals surface area (Å²) in [6.45, 7) is 5.22. The van der Waals surface area contributed by atoms with Crippen LogP contribution in [0.1, 0.15) is 65.2 Å². The summed E-state index contributed by atoms with van der Waals surface area (Å²) in [4.78, 5) is 17.1. The quantitative estimate of drug-likeness (QED) is 0.449. The van der Waals surface area contributed by atoms with Crippen LogP contribution in [0.4, 0.5) is 13.2 Å². The van der Waals surface area contributed by atoms with E-state index >= 15 is 0 Å². The van der Waals surface area contributed by atoms with Gasteiger partial charge >= 0.3 is 6.18 Å². The molecule has 1 aliphatic rings. The van der Waals surface area contributed by atoms with Gasteiger partial charge in [-0.2, -0.15) is 13.2 Å². The van der Waals surface area contributed by atoms with Crippen LogP contribution in [0, 0.1) is 0 Å². The first-order chi connectivity index (χ1) is 17.1. The second kappa shape index (κ2) is 10.4. The smallest absolute Gasteiger partial charge is 0.376 e. The van der Waals surface area contributed by atoms with Gasteiger partial charge in [0.15, 0.2) is 0 Å². The summed E-state index contributed by atoms with van der Waals surface area (Å²) in [6, 6.07) is 12.5. The third-order valence-electron chi connectivity index (χ3n) is 6.57. The molecule has 1 saturated heterocycles. The van der Waals surface area contributed by atoms with Crippen LogP contribution >= 0.6 is 0 Å². The third-order valence-corrected chi connectivity index (χ3v) is 6.57. The second-order valence-electron chi connectivity index (χ2n) is 9.76. The SMILES string of the molecule is CC1(C)CC(c2cncc(C(=O)NCc3ccc(-c4cc(C(F)(F)F)ccc4CN)cc3)c2)CCO1. The molecule has 5 nitrogen and oxygen atoms in total. The Morgan fingerprint density at radius 3 is 2.56 bits per heavy atom. The fraction of sp³-hybridized carbons (Fsp3) is 0.357. The van der Waals surface area contributed by atoms with E-state index in [0.29, 0.717) is 28.9 Å². The molecule has 0 spiro atoms. The second-order valence-corrected chi connectivity index (χ2v) is 9.76. The highest BCUT2D eigenvalue weighted by Crippen LogP contribution is 2.36. The zero-order chi connectivity index (χ0) is 25.9. The minimum atomic E-state index is -4.43. The molecule has 1 aliphatic heterocycles. The maximum Gasteiger partial charge on any atom is 0.416 e. The molecule has 3 aromatic rings. The van der Waals surface area contributed by atoms with Crippen molar-refractivity contribution in [1.29, 1.82) is 0 Å². The molecule has 0 aliphatic carbocycles. The van der Waals surface area contributed by atoms with Crippen LogP contribution in [0.25, 0.3) is 11.1 Å². The van der Waals surface area contributed by atoms with Gasteiger partial charge in [-0.1, -0.05) is 30.3 Å². The van der Waals surface area contributed by atoms with Gasteiger partial charge in [0.2, 0.25) is 0 Å². The summed E-state index contributed by atoms with van der Waals surface area (Å²) in [7, 11) is 0. The summed E-state index contributed by atoms with van der Waals surface area (Å²) in [6.07, 6.45) is 0.683. The first-order valence-corrected chi connectivity index (χ1v) is 11.9. The lowest BCUT2D eigenvalue weighted by molar-refractivity contribution is -0.137. The molecule has 2 heterocycles. The number of hydrogen-bond acceptors (Lipinski definition) is 4. The maximum absolute atomic E-state index is 13.2. The number of hydrogen-bond donors (Lipinski definition) is 2. The first kappa shape index (κ1) is 25.9. The number of rotatable bonds is 6. The largest absolute Gasteiger partial charge is 0.416 e. The van der Waals surface area contributed by atoms with Gasteiger partial charge < -0.3 is 15.8 Å². The zero-order valence-electron chi connectivity index (χ0n) is 20.4. The van der Waals surface area contributed by atoms with Crippen LogP contribution in [0.15, 0.2) is 60.9 Å². The normalized spacial score (nSPS) is 17.6. The number of aromatic nitrogens is 1. The van der Waals surface area contributed by atoms with Crippen molar-refractivity contribution >= 4 is 5.91 Å². The van der Waals surface area contributed by atoms with Crippen LogP contribution < -0.4 is 11.1 Å². The van der Waals surface area contributed by atoms with Crippen molar-refractivity contribution in [3.63, 3.8) is 0 Å². The van der Waals surface area contributed by atoms with Gasteiger partial charge in [-0.3, -0.25) is 9.78 Å². The Bertz CT molecular complexity index is 1220. The molecular weight excluding hydrogens is 467 g/mol. The summed E-state index contributed by atoms with van der Waals surface area (Å²) < 4.78 is 45.3. The molecule has 1 aromatic heterocycles. The number of nitrogens with zero attached hydrogens (tertiary/aromatic N) is 1. The van der Waals surface area contributed by atoms with Crippen LogP contribution in [0.2, 0.25) is 0 Å². The summed E-state index contributed by atoms with van der Waals surface area (Å²) in [5.41, 5.74) is 8.88. The van der Waals surface area contributed by atoms with E-state index in [0.717, 1.165) is 36.1 Å². The molecule has 1 unspecified atom stereocenters. The fourth-order valence-electron chi connectivity index (χ4n) is 4.61. The zero-order valence-corrected chi connectivity index (χ0v) is 20.4. The van der Waals surface area contributed by atoms with Crippen molar-refractivity contribution in [1.82, 2.24) is 10.3 Å². The summed E-state index contributed by atoms with van der Waals surface area (Å²) in [5.74, 6) is 0.0545. The van der Waals surface area contributed by atoms with Crippen molar-refractivity contribution in [2.45, 2.75) is 57.5 Å². The molecule has 1 fully saturated rings. The number of benzene rings is 2. The van der Waals surface area contributed by atoms with E-state index in [9.17, 15) is 18.0 Å². The molecule has 8 heteroatoms. The minimum Gasteiger partial charge on any atom is -0.376 e. The average Bonchev–Trinajstić information content (AvgIpc) is 2.86. The molecule has 3 N–H and O–H groups in total. The van der Waals surface area contributed by atoms with Crippen molar-refractivity contribution < 1.29 is 22.7 Å². The minimum absolute atomic E-state index is 0.129. The third kappa shape index (κ3) is 6.12. The van der Waals surface area contributed by atoms with E-state index < -0.39 is 11.7 Å². The van der Waals surface area contributed by atoms with Crippen molar-refractivity contribution in [2.24, 2.45) is 5.73 Å². The highest BCUT2D eigenvalue weighted by Gasteiger charge is 2.31.